The van der Waals surface area contributed by atoms with Gasteiger partial charge in [0.05, 0.1) is 18.0 Å². The maximum Gasteiger partial charge on any atom is 0.244 e. The van der Waals surface area contributed by atoms with Gasteiger partial charge in [-0.3, -0.25) is 9.10 Å². The summed E-state index contributed by atoms with van der Waals surface area (Å²) in [4.78, 5) is 13.0. The molecule has 0 saturated carbocycles. The number of ether oxygens (including phenoxy) is 1. The standard InChI is InChI=1S/C23H32N2O4S/c1-7-21(25(30(6,27)28)20-13-16(2)12-17(3)14-20)23(26)24-19(5)15-29-22-11-9-8-10-18(22)4/h8-14,19,21H,7,15H2,1-6H3,(H,24,26). The van der Waals surface area contributed by atoms with Gasteiger partial charge in [0, 0.05) is 0 Å². The van der Waals surface area contributed by atoms with Crippen LogP contribution in [0.15, 0.2) is 42.5 Å². The summed E-state index contributed by atoms with van der Waals surface area (Å²) in [5.74, 6) is 0.418. The van der Waals surface area contributed by atoms with Crippen molar-refractivity contribution in [2.75, 3.05) is 17.2 Å². The predicted octanol–water partition coefficient (Wildman–Crippen LogP) is 3.74. The third-order valence-electron chi connectivity index (χ3n) is 4.76. The third kappa shape index (κ3) is 6.23. The molecule has 0 spiro atoms. The molecule has 0 bridgehead atoms. The first-order valence-corrected chi connectivity index (χ1v) is 11.9. The molecule has 0 aliphatic rings. The molecule has 0 aromatic heterocycles. The molecule has 0 heterocycles. The first-order chi connectivity index (χ1) is 14.0. The van der Waals surface area contributed by atoms with E-state index in [-0.39, 0.29) is 18.6 Å². The molecule has 0 fully saturated rings. The van der Waals surface area contributed by atoms with Crippen molar-refractivity contribution in [2.24, 2.45) is 0 Å². The Balaban J connectivity index is 2.18. The number of rotatable bonds is 9. The fourth-order valence-corrected chi connectivity index (χ4v) is 4.65. The lowest BCUT2D eigenvalue weighted by molar-refractivity contribution is -0.123. The van der Waals surface area contributed by atoms with E-state index >= 15 is 0 Å². The van der Waals surface area contributed by atoms with Gasteiger partial charge >= 0.3 is 0 Å². The number of nitrogens with one attached hydrogen (secondary N) is 1. The molecule has 6 nitrogen and oxygen atoms in total. The summed E-state index contributed by atoms with van der Waals surface area (Å²) in [6.07, 6.45) is 1.47. The van der Waals surface area contributed by atoms with Crippen LogP contribution in [0.25, 0.3) is 0 Å². The highest BCUT2D eigenvalue weighted by atomic mass is 32.2. The molecule has 2 atom stereocenters. The largest absolute Gasteiger partial charge is 0.491 e. The van der Waals surface area contributed by atoms with Crippen molar-refractivity contribution in [1.29, 1.82) is 0 Å². The van der Waals surface area contributed by atoms with E-state index in [1.807, 2.05) is 58.0 Å². The van der Waals surface area contributed by atoms with Crippen molar-refractivity contribution in [1.82, 2.24) is 5.32 Å². The SMILES string of the molecule is CCC(C(=O)NC(C)COc1ccccc1C)N(c1cc(C)cc(C)c1)S(C)(=O)=O. The highest BCUT2D eigenvalue weighted by molar-refractivity contribution is 7.92. The zero-order valence-corrected chi connectivity index (χ0v) is 19.4. The lowest BCUT2D eigenvalue weighted by atomic mass is 10.1. The fourth-order valence-electron chi connectivity index (χ4n) is 3.45. The maximum absolute atomic E-state index is 13.0. The quantitative estimate of drug-likeness (QED) is 0.655. The van der Waals surface area contributed by atoms with Gasteiger partial charge in [-0.25, -0.2) is 8.42 Å². The molecule has 7 heteroatoms. The van der Waals surface area contributed by atoms with Gasteiger partial charge in [0.2, 0.25) is 15.9 Å². The number of hydrogen-bond donors (Lipinski definition) is 1. The van der Waals surface area contributed by atoms with Gasteiger partial charge in [0.25, 0.3) is 0 Å². The zero-order chi connectivity index (χ0) is 22.5. The topological polar surface area (TPSA) is 75.7 Å². The summed E-state index contributed by atoms with van der Waals surface area (Å²) in [5.41, 5.74) is 3.39. The Kier molecular flexibility index (Phi) is 7.89. The van der Waals surface area contributed by atoms with E-state index in [1.165, 1.54) is 4.31 Å². The second-order valence-corrected chi connectivity index (χ2v) is 9.67. The van der Waals surface area contributed by atoms with Crippen LogP contribution in [0.1, 0.15) is 37.0 Å². The molecule has 2 rings (SSSR count). The minimum absolute atomic E-state index is 0.285. The second-order valence-electron chi connectivity index (χ2n) is 7.81. The lowest BCUT2D eigenvalue weighted by Crippen LogP contribution is -2.52. The van der Waals surface area contributed by atoms with Crippen LogP contribution in [0.5, 0.6) is 5.75 Å². The predicted molar refractivity (Wildman–Crippen MR) is 122 cm³/mol. The molecule has 164 valence electrons. The van der Waals surface area contributed by atoms with E-state index in [0.717, 1.165) is 28.7 Å². The highest BCUT2D eigenvalue weighted by Crippen LogP contribution is 2.25. The smallest absolute Gasteiger partial charge is 0.244 e. The van der Waals surface area contributed by atoms with E-state index in [0.29, 0.717) is 12.1 Å². The molecule has 0 aliphatic heterocycles. The Morgan fingerprint density at radius 1 is 1.10 bits per heavy atom. The molecule has 0 radical (unpaired) electrons. The van der Waals surface area contributed by atoms with Gasteiger partial charge in [-0.1, -0.05) is 31.2 Å². The van der Waals surface area contributed by atoms with Gasteiger partial charge < -0.3 is 10.1 Å². The monoisotopic (exact) mass is 432 g/mol. The molecular formula is C23H32N2O4S. The van der Waals surface area contributed by atoms with E-state index < -0.39 is 16.1 Å². The summed E-state index contributed by atoms with van der Waals surface area (Å²) in [6.45, 7) is 9.70. The summed E-state index contributed by atoms with van der Waals surface area (Å²) in [5, 5.41) is 2.90. The molecule has 2 unspecified atom stereocenters. The van der Waals surface area contributed by atoms with Crippen molar-refractivity contribution in [3.05, 3.63) is 59.2 Å². The van der Waals surface area contributed by atoms with Crippen LogP contribution in [0.2, 0.25) is 0 Å². The van der Waals surface area contributed by atoms with Gasteiger partial charge in [0.15, 0.2) is 0 Å². The van der Waals surface area contributed by atoms with Crippen LogP contribution in [0.4, 0.5) is 5.69 Å². The first-order valence-electron chi connectivity index (χ1n) is 10.1. The molecule has 2 aromatic carbocycles. The average Bonchev–Trinajstić information content (AvgIpc) is 2.63. The summed E-state index contributed by atoms with van der Waals surface area (Å²) in [6, 6.07) is 12.1. The Morgan fingerprint density at radius 2 is 1.70 bits per heavy atom. The number of hydrogen-bond acceptors (Lipinski definition) is 4. The Morgan fingerprint density at radius 3 is 2.23 bits per heavy atom. The first kappa shape index (κ1) is 23.7. The van der Waals surface area contributed by atoms with Crippen LogP contribution < -0.4 is 14.4 Å². The molecule has 1 amide bonds. The van der Waals surface area contributed by atoms with Crippen LogP contribution in [0, 0.1) is 20.8 Å². The van der Waals surface area contributed by atoms with Gasteiger partial charge in [0.1, 0.15) is 18.4 Å². The second kappa shape index (κ2) is 9.98. The number of aryl methyl sites for hydroxylation is 3. The molecule has 1 N–H and O–H groups in total. The molecular weight excluding hydrogens is 400 g/mol. The van der Waals surface area contributed by atoms with Gasteiger partial charge in [-0.05, 0) is 69.0 Å². The normalized spacial score (nSPS) is 13.4. The number of sulfonamides is 1. The Bertz CT molecular complexity index is 968. The summed E-state index contributed by atoms with van der Waals surface area (Å²) in [7, 11) is -3.66. The van der Waals surface area contributed by atoms with Crippen LogP contribution >= 0.6 is 0 Å². The number of anilines is 1. The molecule has 0 saturated heterocycles. The van der Waals surface area contributed by atoms with Crippen LogP contribution in [-0.2, 0) is 14.8 Å². The minimum atomic E-state index is -3.66. The van der Waals surface area contributed by atoms with Crippen molar-refractivity contribution in [2.45, 2.75) is 53.1 Å². The van der Waals surface area contributed by atoms with Crippen molar-refractivity contribution < 1.29 is 17.9 Å². The zero-order valence-electron chi connectivity index (χ0n) is 18.6. The lowest BCUT2D eigenvalue weighted by Gasteiger charge is -2.31. The number of carbonyl (C=O) groups excluding carboxylic acids is 1. The molecule has 2 aromatic rings. The van der Waals surface area contributed by atoms with Crippen molar-refractivity contribution >= 4 is 21.6 Å². The van der Waals surface area contributed by atoms with Gasteiger partial charge in [-0.2, -0.15) is 0 Å². The Labute approximate surface area is 180 Å². The van der Waals surface area contributed by atoms with Crippen molar-refractivity contribution in [3.63, 3.8) is 0 Å². The minimum Gasteiger partial charge on any atom is -0.491 e. The van der Waals surface area contributed by atoms with E-state index in [2.05, 4.69) is 5.32 Å². The van der Waals surface area contributed by atoms with Crippen molar-refractivity contribution in [3.8, 4) is 5.75 Å². The van der Waals surface area contributed by atoms with Crippen LogP contribution in [-0.4, -0.2) is 39.3 Å². The fraction of sp³-hybridized carbons (Fsp3) is 0.435. The summed E-state index contributed by atoms with van der Waals surface area (Å²) < 4.78 is 32.3. The Hall–Kier alpha value is -2.54. The number of amides is 1. The number of para-hydroxylation sites is 1. The van der Waals surface area contributed by atoms with E-state index in [4.69, 9.17) is 4.74 Å². The summed E-state index contributed by atoms with van der Waals surface area (Å²) >= 11 is 0. The van der Waals surface area contributed by atoms with E-state index in [9.17, 15) is 13.2 Å². The number of nitrogens with zero attached hydrogens (tertiary/aromatic N) is 1. The molecule has 30 heavy (non-hydrogen) atoms. The molecule has 0 aliphatic carbocycles. The number of carbonyl (C=O) groups is 1. The van der Waals surface area contributed by atoms with E-state index in [1.54, 1.807) is 19.1 Å². The third-order valence-corrected chi connectivity index (χ3v) is 5.94. The van der Waals surface area contributed by atoms with Crippen LogP contribution in [0.3, 0.4) is 0 Å². The van der Waals surface area contributed by atoms with Gasteiger partial charge in [-0.15, -0.1) is 0 Å². The highest BCUT2D eigenvalue weighted by Gasteiger charge is 2.32. The average molecular weight is 433 g/mol. The maximum atomic E-state index is 13.0. The number of benzene rings is 2.